The normalized spacial score (nSPS) is 14.7. The summed E-state index contributed by atoms with van der Waals surface area (Å²) in [6.07, 6.45) is 4.84. The number of carbonyl (C=O) groups is 1. The fourth-order valence-electron chi connectivity index (χ4n) is 3.62. The standard InChI is InChI=1S/C20H19FN8O/c1-27-3-4-29(10-19(27)30)18-7-17(22-11-23-18)20-14-5-13(12-8-24-28(2)9-12)15(21)6-16(14)25-26-20/h5-9,11H,3-4,10H2,1-2H3,(H,25,26). The minimum absolute atomic E-state index is 0.0446. The number of halogens is 1. The molecule has 9 nitrogen and oxygen atoms in total. The molecular formula is C20H19FN8O. The Balaban J connectivity index is 1.56. The molecule has 4 aromatic rings. The Morgan fingerprint density at radius 3 is 2.77 bits per heavy atom. The molecule has 0 saturated carbocycles. The van der Waals surface area contributed by atoms with Gasteiger partial charge in [0.25, 0.3) is 0 Å². The lowest BCUT2D eigenvalue weighted by Gasteiger charge is -2.32. The van der Waals surface area contributed by atoms with E-state index in [0.29, 0.717) is 46.9 Å². The molecule has 1 amide bonds. The van der Waals surface area contributed by atoms with Crippen molar-refractivity contribution in [3.8, 4) is 22.5 Å². The Labute approximate surface area is 171 Å². The fourth-order valence-corrected chi connectivity index (χ4v) is 3.62. The molecule has 152 valence electrons. The quantitative estimate of drug-likeness (QED) is 0.558. The summed E-state index contributed by atoms with van der Waals surface area (Å²) in [4.78, 5) is 24.4. The van der Waals surface area contributed by atoms with Crippen LogP contribution in [-0.4, -0.2) is 67.4 Å². The largest absolute Gasteiger partial charge is 0.345 e. The molecule has 1 aliphatic rings. The van der Waals surface area contributed by atoms with E-state index in [-0.39, 0.29) is 18.3 Å². The van der Waals surface area contributed by atoms with Crippen molar-refractivity contribution in [3.05, 3.63) is 42.7 Å². The van der Waals surface area contributed by atoms with E-state index < -0.39 is 0 Å². The third-order valence-corrected chi connectivity index (χ3v) is 5.34. The highest BCUT2D eigenvalue weighted by atomic mass is 19.1. The molecule has 0 spiro atoms. The van der Waals surface area contributed by atoms with Crippen LogP contribution in [0.25, 0.3) is 33.4 Å². The number of aryl methyl sites for hydroxylation is 1. The van der Waals surface area contributed by atoms with Gasteiger partial charge in [0.1, 0.15) is 23.7 Å². The van der Waals surface area contributed by atoms with Gasteiger partial charge in [0, 0.05) is 62.0 Å². The minimum atomic E-state index is -0.356. The molecule has 5 rings (SSSR count). The maximum absolute atomic E-state index is 14.6. The van der Waals surface area contributed by atoms with Crippen molar-refractivity contribution in [3.63, 3.8) is 0 Å². The van der Waals surface area contributed by atoms with E-state index in [2.05, 4.69) is 25.3 Å². The van der Waals surface area contributed by atoms with E-state index in [4.69, 9.17) is 0 Å². The number of anilines is 1. The van der Waals surface area contributed by atoms with Crippen molar-refractivity contribution in [2.75, 3.05) is 31.6 Å². The summed E-state index contributed by atoms with van der Waals surface area (Å²) in [5.41, 5.74) is 2.89. The Hall–Kier alpha value is -3.82. The zero-order valence-corrected chi connectivity index (χ0v) is 16.5. The van der Waals surface area contributed by atoms with Crippen LogP contribution in [0.1, 0.15) is 0 Å². The summed E-state index contributed by atoms with van der Waals surface area (Å²) in [5, 5.41) is 12.1. The topological polar surface area (TPSA) is 95.8 Å². The molecule has 0 aliphatic carbocycles. The maximum atomic E-state index is 14.6. The van der Waals surface area contributed by atoms with Gasteiger partial charge in [0.05, 0.1) is 24.0 Å². The lowest BCUT2D eigenvalue weighted by molar-refractivity contribution is -0.129. The van der Waals surface area contributed by atoms with Crippen LogP contribution in [0.4, 0.5) is 10.2 Å². The lowest BCUT2D eigenvalue weighted by Crippen LogP contribution is -2.48. The van der Waals surface area contributed by atoms with E-state index in [1.165, 1.54) is 12.4 Å². The molecule has 1 saturated heterocycles. The number of aromatic nitrogens is 6. The van der Waals surface area contributed by atoms with Gasteiger partial charge in [-0.2, -0.15) is 10.2 Å². The van der Waals surface area contributed by atoms with Gasteiger partial charge in [-0.25, -0.2) is 14.4 Å². The van der Waals surface area contributed by atoms with Crippen LogP contribution in [0.2, 0.25) is 0 Å². The van der Waals surface area contributed by atoms with Gasteiger partial charge in [-0.1, -0.05) is 0 Å². The first-order valence-corrected chi connectivity index (χ1v) is 9.47. The summed E-state index contributed by atoms with van der Waals surface area (Å²) in [6, 6.07) is 4.98. The summed E-state index contributed by atoms with van der Waals surface area (Å²) in [6.45, 7) is 1.60. The molecule has 0 atom stereocenters. The molecule has 4 heterocycles. The van der Waals surface area contributed by atoms with Crippen LogP contribution < -0.4 is 4.90 Å². The van der Waals surface area contributed by atoms with E-state index >= 15 is 0 Å². The average Bonchev–Trinajstić information content (AvgIpc) is 3.35. The van der Waals surface area contributed by atoms with Crippen LogP contribution in [-0.2, 0) is 11.8 Å². The number of rotatable bonds is 3. The van der Waals surface area contributed by atoms with Crippen molar-refractivity contribution in [2.24, 2.45) is 7.05 Å². The number of H-pyrrole nitrogens is 1. The predicted octanol–water partition coefficient (Wildman–Crippen LogP) is 1.84. The van der Waals surface area contributed by atoms with E-state index in [9.17, 15) is 9.18 Å². The molecule has 0 radical (unpaired) electrons. The van der Waals surface area contributed by atoms with Gasteiger partial charge in [-0.05, 0) is 6.07 Å². The third-order valence-electron chi connectivity index (χ3n) is 5.34. The number of piperazine rings is 1. The molecule has 1 fully saturated rings. The first-order valence-electron chi connectivity index (χ1n) is 9.47. The van der Waals surface area contributed by atoms with Crippen LogP contribution in [0.3, 0.4) is 0 Å². The first kappa shape index (κ1) is 18.2. The van der Waals surface area contributed by atoms with Gasteiger partial charge in [0.2, 0.25) is 5.91 Å². The van der Waals surface area contributed by atoms with Crippen molar-refractivity contribution in [1.29, 1.82) is 0 Å². The number of hydrogen-bond acceptors (Lipinski definition) is 6. The lowest BCUT2D eigenvalue weighted by atomic mass is 10.0. The summed E-state index contributed by atoms with van der Waals surface area (Å²) < 4.78 is 16.3. The Morgan fingerprint density at radius 2 is 2.00 bits per heavy atom. The Bertz CT molecular complexity index is 1260. The van der Waals surface area contributed by atoms with Crippen LogP contribution >= 0.6 is 0 Å². The molecule has 10 heteroatoms. The highest BCUT2D eigenvalue weighted by molar-refractivity contribution is 5.95. The number of fused-ring (bicyclic) bond motifs is 1. The summed E-state index contributed by atoms with van der Waals surface area (Å²) in [7, 11) is 3.58. The van der Waals surface area contributed by atoms with Gasteiger partial charge in [-0.3, -0.25) is 14.6 Å². The van der Waals surface area contributed by atoms with E-state index in [1.54, 1.807) is 48.2 Å². The van der Waals surface area contributed by atoms with Gasteiger partial charge < -0.3 is 9.80 Å². The van der Waals surface area contributed by atoms with Crippen molar-refractivity contribution >= 4 is 22.6 Å². The Kier molecular flexibility index (Phi) is 4.19. The number of aromatic amines is 1. The number of amides is 1. The molecule has 3 aromatic heterocycles. The van der Waals surface area contributed by atoms with Crippen LogP contribution in [0.15, 0.2) is 36.9 Å². The number of benzene rings is 1. The number of nitrogens with zero attached hydrogens (tertiary/aromatic N) is 7. The van der Waals surface area contributed by atoms with E-state index in [1.807, 2.05) is 4.90 Å². The predicted molar refractivity (Wildman–Crippen MR) is 109 cm³/mol. The SMILES string of the molecule is CN1CCN(c2cc(-c3n[nH]c4cc(F)c(-c5cnn(C)c5)cc34)ncn2)CC1=O. The zero-order chi connectivity index (χ0) is 20.8. The zero-order valence-electron chi connectivity index (χ0n) is 16.5. The number of carbonyl (C=O) groups excluding carboxylic acids is 1. The molecule has 30 heavy (non-hydrogen) atoms. The molecule has 1 aliphatic heterocycles. The van der Waals surface area contributed by atoms with Crippen molar-refractivity contribution < 1.29 is 9.18 Å². The second-order valence-electron chi connectivity index (χ2n) is 7.35. The smallest absolute Gasteiger partial charge is 0.241 e. The second-order valence-corrected chi connectivity index (χ2v) is 7.35. The second kappa shape index (κ2) is 6.90. The number of likely N-dealkylation sites (N-methyl/N-ethyl adjacent to an activating group) is 1. The average molecular weight is 406 g/mol. The maximum Gasteiger partial charge on any atom is 0.241 e. The van der Waals surface area contributed by atoms with Gasteiger partial charge >= 0.3 is 0 Å². The molecular weight excluding hydrogens is 387 g/mol. The highest BCUT2D eigenvalue weighted by Crippen LogP contribution is 2.32. The monoisotopic (exact) mass is 406 g/mol. The van der Waals surface area contributed by atoms with Gasteiger partial charge in [0.15, 0.2) is 0 Å². The summed E-state index contributed by atoms with van der Waals surface area (Å²) in [5.74, 6) is 0.348. The van der Waals surface area contributed by atoms with Crippen LogP contribution in [0.5, 0.6) is 0 Å². The third kappa shape index (κ3) is 3.06. The molecule has 0 unspecified atom stereocenters. The van der Waals surface area contributed by atoms with Crippen LogP contribution in [0, 0.1) is 5.82 Å². The number of hydrogen-bond donors (Lipinski definition) is 1. The fraction of sp³-hybridized carbons (Fsp3) is 0.250. The molecule has 1 aromatic carbocycles. The molecule has 1 N–H and O–H groups in total. The summed E-state index contributed by atoms with van der Waals surface area (Å²) >= 11 is 0. The first-order chi connectivity index (χ1) is 14.5. The van der Waals surface area contributed by atoms with Gasteiger partial charge in [-0.15, -0.1) is 0 Å². The van der Waals surface area contributed by atoms with Crippen molar-refractivity contribution in [2.45, 2.75) is 0 Å². The van der Waals surface area contributed by atoms with E-state index in [0.717, 1.165) is 5.39 Å². The molecule has 0 bridgehead atoms. The minimum Gasteiger partial charge on any atom is -0.345 e. The Morgan fingerprint density at radius 1 is 1.13 bits per heavy atom. The number of nitrogens with one attached hydrogen (secondary N) is 1. The van der Waals surface area contributed by atoms with Crippen molar-refractivity contribution in [1.82, 2.24) is 34.8 Å². The highest BCUT2D eigenvalue weighted by Gasteiger charge is 2.23.